The molecule has 1 aliphatic rings. The predicted octanol–water partition coefficient (Wildman–Crippen LogP) is 4.50. The molecule has 0 spiro atoms. The topological polar surface area (TPSA) is 56.2 Å². The van der Waals surface area contributed by atoms with Crippen LogP contribution in [-0.2, 0) is 11.2 Å². The van der Waals surface area contributed by atoms with Crippen LogP contribution in [0.15, 0.2) is 36.0 Å². The van der Waals surface area contributed by atoms with E-state index < -0.39 is 6.09 Å². The number of nitrogens with zero attached hydrogens (tertiary/aromatic N) is 2. The van der Waals surface area contributed by atoms with E-state index in [1.54, 1.807) is 12.1 Å². The van der Waals surface area contributed by atoms with Crippen molar-refractivity contribution in [3.63, 3.8) is 0 Å². The lowest BCUT2D eigenvalue weighted by molar-refractivity contribution is 0.0992. The number of ether oxygens (including phenoxy) is 1. The van der Waals surface area contributed by atoms with Gasteiger partial charge in [-0.1, -0.05) is 12.5 Å². The van der Waals surface area contributed by atoms with E-state index in [1.165, 1.54) is 12.1 Å². The molecule has 1 N–H and O–H groups in total. The maximum Gasteiger partial charge on any atom is 0.407 e. The summed E-state index contributed by atoms with van der Waals surface area (Å²) in [7, 11) is 0. The molecule has 6 heteroatoms. The van der Waals surface area contributed by atoms with E-state index in [1.807, 2.05) is 38.6 Å². The lowest BCUT2D eigenvalue weighted by Gasteiger charge is -2.34. The van der Waals surface area contributed by atoms with Gasteiger partial charge >= 0.3 is 6.09 Å². The maximum absolute atomic E-state index is 13.2. The molecule has 144 valence electrons. The highest BCUT2D eigenvalue weighted by atomic mass is 19.1. The van der Waals surface area contributed by atoms with Crippen molar-refractivity contribution in [3.05, 3.63) is 53.1 Å². The molecule has 0 saturated heterocycles. The standard InChI is InChI=1S/C21H26FN3O2/c1-14-10-18-15(12-23-25(18)17-8-6-16(22)7-9-17)11-21(14,5)13-27-19(26)24-20(2,3)4/h6-10,12H,11,13H2,1-5H3,(H,24,26)/t21-/m1/s1. The number of benzene rings is 1. The average Bonchev–Trinajstić information content (AvgIpc) is 2.95. The summed E-state index contributed by atoms with van der Waals surface area (Å²) in [5.41, 5.74) is 3.36. The minimum absolute atomic E-state index is 0.273. The van der Waals surface area contributed by atoms with Crippen LogP contribution in [0.5, 0.6) is 0 Å². The fraction of sp³-hybridized carbons (Fsp3) is 0.429. The normalized spacial score (nSPS) is 19.3. The molecule has 5 nitrogen and oxygen atoms in total. The summed E-state index contributed by atoms with van der Waals surface area (Å²) in [4.78, 5) is 12.0. The van der Waals surface area contributed by atoms with Gasteiger partial charge in [0.2, 0.25) is 0 Å². The molecule has 0 radical (unpaired) electrons. The molecule has 1 atom stereocenters. The molecule has 3 rings (SSSR count). The van der Waals surface area contributed by atoms with E-state index in [9.17, 15) is 9.18 Å². The number of fused-ring (bicyclic) bond motifs is 1. The first-order chi connectivity index (χ1) is 12.6. The van der Waals surface area contributed by atoms with Gasteiger partial charge in [-0.2, -0.15) is 5.10 Å². The van der Waals surface area contributed by atoms with E-state index in [-0.39, 0.29) is 16.8 Å². The van der Waals surface area contributed by atoms with Crippen LogP contribution < -0.4 is 5.32 Å². The Morgan fingerprint density at radius 1 is 1.33 bits per heavy atom. The molecule has 27 heavy (non-hydrogen) atoms. The Hall–Kier alpha value is -2.63. The number of hydrogen-bond donors (Lipinski definition) is 1. The summed E-state index contributed by atoms with van der Waals surface area (Å²) in [6.07, 6.45) is 4.20. The molecule has 1 aliphatic carbocycles. The van der Waals surface area contributed by atoms with Gasteiger partial charge in [-0.25, -0.2) is 13.9 Å². The lowest BCUT2D eigenvalue weighted by atomic mass is 9.74. The number of nitrogens with one attached hydrogen (secondary N) is 1. The summed E-state index contributed by atoms with van der Waals surface area (Å²) in [6, 6.07) is 6.27. The molecule has 2 aromatic rings. The highest BCUT2D eigenvalue weighted by molar-refractivity contribution is 5.68. The molecule has 0 saturated carbocycles. The number of hydrogen-bond acceptors (Lipinski definition) is 3. The van der Waals surface area contributed by atoms with Gasteiger partial charge in [-0.15, -0.1) is 0 Å². The van der Waals surface area contributed by atoms with Crippen LogP contribution in [0.2, 0.25) is 0 Å². The number of alkyl carbamates (subject to hydrolysis) is 1. The smallest absolute Gasteiger partial charge is 0.407 e. The minimum Gasteiger partial charge on any atom is -0.449 e. The minimum atomic E-state index is -0.413. The van der Waals surface area contributed by atoms with Crippen molar-refractivity contribution in [2.75, 3.05) is 6.61 Å². The fourth-order valence-corrected chi connectivity index (χ4v) is 3.14. The third-order valence-corrected chi connectivity index (χ3v) is 4.84. The van der Waals surface area contributed by atoms with Crippen molar-refractivity contribution < 1.29 is 13.9 Å². The summed E-state index contributed by atoms with van der Waals surface area (Å²) in [5, 5.41) is 7.28. The SMILES string of the molecule is CC1=Cc2c(cnn2-c2ccc(F)cc2)C[C@]1(C)COC(=O)NC(C)(C)C. The molecule has 1 aromatic heterocycles. The Bertz CT molecular complexity index is 878. The zero-order valence-electron chi connectivity index (χ0n) is 16.5. The third kappa shape index (κ3) is 4.21. The van der Waals surface area contributed by atoms with Crippen molar-refractivity contribution in [3.8, 4) is 5.69 Å². The Morgan fingerprint density at radius 2 is 2.00 bits per heavy atom. The van der Waals surface area contributed by atoms with Gasteiger partial charge in [0.05, 0.1) is 17.6 Å². The number of amides is 1. The predicted molar refractivity (Wildman–Crippen MR) is 103 cm³/mol. The van der Waals surface area contributed by atoms with E-state index >= 15 is 0 Å². The third-order valence-electron chi connectivity index (χ3n) is 4.84. The maximum atomic E-state index is 13.2. The van der Waals surface area contributed by atoms with Crippen molar-refractivity contribution in [1.29, 1.82) is 0 Å². The van der Waals surface area contributed by atoms with Gasteiger partial charge in [-0.05, 0) is 70.0 Å². The van der Waals surface area contributed by atoms with Crippen LogP contribution in [0.3, 0.4) is 0 Å². The van der Waals surface area contributed by atoms with Gasteiger partial charge < -0.3 is 10.1 Å². The fourth-order valence-electron chi connectivity index (χ4n) is 3.14. The van der Waals surface area contributed by atoms with Gasteiger partial charge in [0, 0.05) is 11.0 Å². The van der Waals surface area contributed by atoms with Crippen LogP contribution in [-0.4, -0.2) is 28.0 Å². The van der Waals surface area contributed by atoms with E-state index in [4.69, 9.17) is 4.74 Å². The van der Waals surface area contributed by atoms with Crippen LogP contribution in [0.1, 0.15) is 45.9 Å². The largest absolute Gasteiger partial charge is 0.449 e. The number of halogens is 1. The van der Waals surface area contributed by atoms with Crippen molar-refractivity contribution >= 4 is 12.2 Å². The lowest BCUT2D eigenvalue weighted by Crippen LogP contribution is -2.42. The Morgan fingerprint density at radius 3 is 2.63 bits per heavy atom. The van der Waals surface area contributed by atoms with Crippen molar-refractivity contribution in [2.45, 2.75) is 46.6 Å². The Labute approximate surface area is 159 Å². The summed E-state index contributed by atoms with van der Waals surface area (Å²) in [5.74, 6) is -0.273. The van der Waals surface area contributed by atoms with Gasteiger partial charge in [0.15, 0.2) is 0 Å². The monoisotopic (exact) mass is 371 g/mol. The first-order valence-electron chi connectivity index (χ1n) is 9.04. The van der Waals surface area contributed by atoms with Gasteiger partial charge in [-0.3, -0.25) is 0 Å². The molecule has 0 bridgehead atoms. The molecule has 1 heterocycles. The second-order valence-corrected chi connectivity index (χ2v) is 8.46. The second kappa shape index (κ2) is 6.83. The van der Waals surface area contributed by atoms with Crippen LogP contribution in [0.4, 0.5) is 9.18 Å². The molecule has 0 fully saturated rings. The van der Waals surface area contributed by atoms with E-state index in [2.05, 4.69) is 23.4 Å². The number of aromatic nitrogens is 2. The summed E-state index contributed by atoms with van der Waals surface area (Å²) >= 11 is 0. The number of carbonyl (C=O) groups is 1. The zero-order chi connectivity index (χ0) is 19.8. The molecule has 1 amide bonds. The number of carbonyl (C=O) groups excluding carboxylic acids is 1. The van der Waals surface area contributed by atoms with E-state index in [0.29, 0.717) is 13.0 Å². The first-order valence-corrected chi connectivity index (χ1v) is 9.04. The Kier molecular flexibility index (Phi) is 4.84. The van der Waals surface area contributed by atoms with E-state index in [0.717, 1.165) is 22.5 Å². The van der Waals surface area contributed by atoms with Crippen LogP contribution in [0, 0.1) is 11.2 Å². The molecule has 1 aromatic carbocycles. The Balaban J connectivity index is 1.79. The molecular formula is C21H26FN3O2. The average molecular weight is 371 g/mol. The second-order valence-electron chi connectivity index (χ2n) is 8.46. The zero-order valence-corrected chi connectivity index (χ0v) is 16.5. The van der Waals surface area contributed by atoms with Gasteiger partial charge in [0.1, 0.15) is 12.4 Å². The summed E-state index contributed by atoms with van der Waals surface area (Å²) in [6.45, 7) is 10.2. The number of rotatable bonds is 3. The van der Waals surface area contributed by atoms with Crippen molar-refractivity contribution in [2.24, 2.45) is 5.41 Å². The first kappa shape index (κ1) is 19.1. The quantitative estimate of drug-likeness (QED) is 0.864. The van der Waals surface area contributed by atoms with Crippen LogP contribution in [0.25, 0.3) is 11.8 Å². The summed E-state index contributed by atoms with van der Waals surface area (Å²) < 4.78 is 20.5. The van der Waals surface area contributed by atoms with Gasteiger partial charge in [0.25, 0.3) is 0 Å². The van der Waals surface area contributed by atoms with Crippen LogP contribution >= 0.6 is 0 Å². The highest BCUT2D eigenvalue weighted by Gasteiger charge is 2.34. The molecular weight excluding hydrogens is 345 g/mol. The van der Waals surface area contributed by atoms with Crippen molar-refractivity contribution in [1.82, 2.24) is 15.1 Å². The molecule has 0 aliphatic heterocycles. The highest BCUT2D eigenvalue weighted by Crippen LogP contribution is 2.39. The molecule has 0 unspecified atom stereocenters.